The Bertz CT molecular complexity index is 778. The van der Waals surface area contributed by atoms with Crippen molar-refractivity contribution in [3.05, 3.63) is 52.9 Å². The lowest BCUT2D eigenvalue weighted by Crippen LogP contribution is -2.17. The van der Waals surface area contributed by atoms with Crippen LogP contribution in [0.5, 0.6) is 5.75 Å². The zero-order chi connectivity index (χ0) is 17.1. The number of ether oxygens (including phenoxy) is 1. The summed E-state index contributed by atoms with van der Waals surface area (Å²) in [6, 6.07) is 4.43. The molecule has 0 fully saturated rings. The number of nitrogens with one attached hydrogen (secondary N) is 1. The summed E-state index contributed by atoms with van der Waals surface area (Å²) in [6.45, 7) is 0. The van der Waals surface area contributed by atoms with E-state index in [9.17, 15) is 13.6 Å². The number of rotatable bonds is 3. The van der Waals surface area contributed by atoms with Crippen molar-refractivity contribution in [2.75, 3.05) is 12.4 Å². The number of amides is 1. The number of nitrogens with zero attached hydrogens (tertiary/aromatic N) is 1. The van der Waals surface area contributed by atoms with Gasteiger partial charge in [-0.2, -0.15) is 0 Å². The van der Waals surface area contributed by atoms with Gasteiger partial charge in [0.25, 0.3) is 5.91 Å². The lowest BCUT2D eigenvalue weighted by molar-refractivity contribution is 0.101. The number of hydrogen-bond donors (Lipinski definition) is 1. The van der Waals surface area contributed by atoms with Crippen LogP contribution >= 0.6 is 0 Å². The highest BCUT2D eigenvalue weighted by Crippen LogP contribution is 2.32. The van der Waals surface area contributed by atoms with Gasteiger partial charge in [0.15, 0.2) is 11.5 Å². The first-order valence-corrected chi connectivity index (χ1v) is 7.90. The highest BCUT2D eigenvalue weighted by Gasteiger charge is 2.18. The first-order chi connectivity index (χ1) is 11.6. The van der Waals surface area contributed by atoms with Crippen molar-refractivity contribution < 1.29 is 18.3 Å². The predicted octanol–water partition coefficient (Wildman–Crippen LogP) is 3.89. The fraction of sp³-hybridized carbons (Fsp3) is 0.333. The number of fused-ring (bicyclic) bond motifs is 1. The zero-order valence-corrected chi connectivity index (χ0v) is 13.4. The summed E-state index contributed by atoms with van der Waals surface area (Å²) in [7, 11) is 1.52. The number of hydrogen-bond acceptors (Lipinski definition) is 3. The van der Waals surface area contributed by atoms with Gasteiger partial charge in [0, 0.05) is 6.07 Å². The normalized spacial score (nSPS) is 13.8. The Labute approximate surface area is 138 Å². The van der Waals surface area contributed by atoms with Crippen molar-refractivity contribution in [1.29, 1.82) is 0 Å². The SMILES string of the molecule is COc1cc2c(cc1NC(=O)c1ncc(F)cc1F)CCCCC2. The van der Waals surface area contributed by atoms with Crippen LogP contribution in [-0.2, 0) is 12.8 Å². The van der Waals surface area contributed by atoms with Gasteiger partial charge in [-0.15, -0.1) is 0 Å². The minimum atomic E-state index is -0.999. The highest BCUT2D eigenvalue weighted by atomic mass is 19.1. The molecule has 1 aliphatic rings. The van der Waals surface area contributed by atoms with Crippen LogP contribution in [0.15, 0.2) is 24.4 Å². The molecule has 0 saturated carbocycles. The van der Waals surface area contributed by atoms with Crippen molar-refractivity contribution in [2.45, 2.75) is 32.1 Å². The molecule has 4 nitrogen and oxygen atoms in total. The van der Waals surface area contributed by atoms with Crippen molar-refractivity contribution in [2.24, 2.45) is 0 Å². The second-order valence-electron chi connectivity index (χ2n) is 5.82. The van der Waals surface area contributed by atoms with E-state index >= 15 is 0 Å². The molecular weight excluding hydrogens is 314 g/mol. The quantitative estimate of drug-likeness (QED) is 0.868. The van der Waals surface area contributed by atoms with Gasteiger partial charge in [-0.3, -0.25) is 4.79 Å². The van der Waals surface area contributed by atoms with Gasteiger partial charge in [0.1, 0.15) is 11.6 Å². The van der Waals surface area contributed by atoms with Crippen LogP contribution in [0.3, 0.4) is 0 Å². The van der Waals surface area contributed by atoms with Gasteiger partial charge in [-0.1, -0.05) is 6.42 Å². The van der Waals surface area contributed by atoms with Crippen molar-refractivity contribution in [1.82, 2.24) is 4.98 Å². The second-order valence-corrected chi connectivity index (χ2v) is 5.82. The summed E-state index contributed by atoms with van der Waals surface area (Å²) in [5, 5.41) is 2.62. The second kappa shape index (κ2) is 6.95. The number of carbonyl (C=O) groups is 1. The maximum atomic E-state index is 13.7. The lowest BCUT2D eigenvalue weighted by atomic mass is 10.0. The molecule has 126 valence electrons. The van der Waals surface area contributed by atoms with E-state index in [1.165, 1.54) is 19.1 Å². The molecule has 0 bridgehead atoms. The summed E-state index contributed by atoms with van der Waals surface area (Å²) in [6.07, 6.45) is 6.13. The van der Waals surface area contributed by atoms with E-state index in [0.29, 0.717) is 17.5 Å². The first kappa shape index (κ1) is 16.4. The van der Waals surface area contributed by atoms with Crippen LogP contribution in [-0.4, -0.2) is 18.0 Å². The van der Waals surface area contributed by atoms with Gasteiger partial charge in [-0.05, 0) is 48.9 Å². The van der Waals surface area contributed by atoms with Gasteiger partial charge >= 0.3 is 0 Å². The van der Waals surface area contributed by atoms with Gasteiger partial charge in [-0.25, -0.2) is 13.8 Å². The molecule has 1 heterocycles. The molecule has 1 aromatic carbocycles. The molecule has 1 N–H and O–H groups in total. The number of aromatic nitrogens is 1. The average molecular weight is 332 g/mol. The minimum absolute atomic E-state index is 0.451. The van der Waals surface area contributed by atoms with Gasteiger partial charge in [0.05, 0.1) is 19.0 Å². The van der Waals surface area contributed by atoms with E-state index in [4.69, 9.17) is 4.74 Å². The molecule has 3 rings (SSSR count). The zero-order valence-electron chi connectivity index (χ0n) is 13.4. The number of aryl methyl sites for hydroxylation is 2. The van der Waals surface area contributed by atoms with E-state index in [-0.39, 0.29) is 0 Å². The van der Waals surface area contributed by atoms with Gasteiger partial charge < -0.3 is 10.1 Å². The average Bonchev–Trinajstić information content (AvgIpc) is 2.78. The number of benzene rings is 1. The van der Waals surface area contributed by atoms with Crippen LogP contribution < -0.4 is 10.1 Å². The minimum Gasteiger partial charge on any atom is -0.495 e. The summed E-state index contributed by atoms with van der Waals surface area (Å²) >= 11 is 0. The van der Waals surface area contributed by atoms with Gasteiger partial charge in [0.2, 0.25) is 0 Å². The summed E-state index contributed by atoms with van der Waals surface area (Å²) in [4.78, 5) is 15.8. The fourth-order valence-corrected chi connectivity index (χ4v) is 2.97. The van der Waals surface area contributed by atoms with E-state index in [1.807, 2.05) is 12.1 Å². The third-order valence-electron chi connectivity index (χ3n) is 4.19. The molecule has 0 unspecified atom stereocenters. The molecule has 2 aromatic rings. The van der Waals surface area contributed by atoms with Crippen molar-refractivity contribution in [3.63, 3.8) is 0 Å². The third-order valence-corrected chi connectivity index (χ3v) is 4.19. The maximum absolute atomic E-state index is 13.7. The summed E-state index contributed by atoms with van der Waals surface area (Å²) in [5.74, 6) is -2.04. The number of anilines is 1. The van der Waals surface area contributed by atoms with E-state index in [0.717, 1.165) is 37.4 Å². The molecule has 0 spiro atoms. The smallest absolute Gasteiger partial charge is 0.277 e. The predicted molar refractivity (Wildman–Crippen MR) is 86.4 cm³/mol. The summed E-state index contributed by atoms with van der Waals surface area (Å²) in [5.41, 5.74) is 2.40. The number of carbonyl (C=O) groups excluding carboxylic acids is 1. The first-order valence-electron chi connectivity index (χ1n) is 7.90. The molecule has 1 aliphatic carbocycles. The number of halogens is 2. The van der Waals surface area contributed by atoms with Crippen LogP contribution in [0.4, 0.5) is 14.5 Å². The molecule has 6 heteroatoms. The largest absolute Gasteiger partial charge is 0.495 e. The fourth-order valence-electron chi connectivity index (χ4n) is 2.97. The van der Waals surface area contributed by atoms with E-state index in [1.54, 1.807) is 0 Å². The Hall–Kier alpha value is -2.50. The number of pyridine rings is 1. The Balaban J connectivity index is 1.91. The maximum Gasteiger partial charge on any atom is 0.277 e. The molecule has 0 atom stereocenters. The van der Waals surface area contributed by atoms with Crippen molar-refractivity contribution >= 4 is 11.6 Å². The topological polar surface area (TPSA) is 51.2 Å². The Morgan fingerprint density at radius 3 is 2.50 bits per heavy atom. The Morgan fingerprint density at radius 2 is 1.83 bits per heavy atom. The molecule has 0 aliphatic heterocycles. The molecule has 24 heavy (non-hydrogen) atoms. The van der Waals surface area contributed by atoms with Crippen LogP contribution in [0.25, 0.3) is 0 Å². The monoisotopic (exact) mass is 332 g/mol. The Morgan fingerprint density at radius 1 is 1.12 bits per heavy atom. The molecular formula is C18H18F2N2O2. The highest BCUT2D eigenvalue weighted by molar-refractivity contribution is 6.04. The van der Waals surface area contributed by atoms with E-state index < -0.39 is 23.2 Å². The summed E-state index contributed by atoms with van der Waals surface area (Å²) < 4.78 is 32.0. The Kier molecular flexibility index (Phi) is 4.74. The van der Waals surface area contributed by atoms with Crippen LogP contribution in [0.2, 0.25) is 0 Å². The third kappa shape index (κ3) is 3.37. The standard InChI is InChI=1S/C18H18F2N2O2/c1-24-16-8-12-6-4-2-3-5-11(12)7-15(16)22-18(23)17-14(20)9-13(19)10-21-17/h7-10H,2-6H2,1H3,(H,22,23). The molecule has 1 amide bonds. The molecule has 0 radical (unpaired) electrons. The van der Waals surface area contributed by atoms with Crippen LogP contribution in [0.1, 0.15) is 40.9 Å². The number of methoxy groups -OCH3 is 1. The molecule has 1 aromatic heterocycles. The van der Waals surface area contributed by atoms with Crippen molar-refractivity contribution in [3.8, 4) is 5.75 Å². The van der Waals surface area contributed by atoms with E-state index in [2.05, 4.69) is 10.3 Å². The lowest BCUT2D eigenvalue weighted by Gasteiger charge is -2.15. The van der Waals surface area contributed by atoms with Crippen LogP contribution in [0, 0.1) is 11.6 Å². The molecule has 0 saturated heterocycles.